The first-order valence-electron chi connectivity index (χ1n) is 6.06. The summed E-state index contributed by atoms with van der Waals surface area (Å²) in [4.78, 5) is 25.0. The summed E-state index contributed by atoms with van der Waals surface area (Å²) in [6, 6.07) is -0.256. The number of rotatable bonds is 1. The predicted molar refractivity (Wildman–Crippen MR) is 60.8 cm³/mol. The summed E-state index contributed by atoms with van der Waals surface area (Å²) in [6.45, 7) is 6.15. The molecule has 1 N–H and O–H groups in total. The molecule has 2 fully saturated rings. The van der Waals surface area contributed by atoms with Crippen LogP contribution in [0.4, 0.5) is 0 Å². The minimum Gasteiger partial charge on any atom is -0.344 e. The number of likely N-dealkylation sites (tertiary alicyclic amines) is 1. The van der Waals surface area contributed by atoms with E-state index in [1.54, 1.807) is 0 Å². The second-order valence-electron chi connectivity index (χ2n) is 5.65. The molecule has 2 rings (SSSR count). The van der Waals surface area contributed by atoms with Gasteiger partial charge in [0.2, 0.25) is 11.8 Å². The van der Waals surface area contributed by atoms with Crippen LogP contribution in [0.15, 0.2) is 0 Å². The van der Waals surface area contributed by atoms with Crippen molar-refractivity contribution in [2.75, 3.05) is 13.1 Å². The van der Waals surface area contributed by atoms with Crippen molar-refractivity contribution in [3.63, 3.8) is 0 Å². The standard InChI is InChI=1S/C12H20N2O2/c1-12(2)5-7-14(8-6-12)11(16)9-3-4-10(15)13-9/h9H,3-8H2,1-2H3,(H,13,15). The average molecular weight is 224 g/mol. The van der Waals surface area contributed by atoms with Gasteiger partial charge >= 0.3 is 0 Å². The molecule has 90 valence electrons. The molecule has 0 aromatic rings. The van der Waals surface area contributed by atoms with Gasteiger partial charge in [0.1, 0.15) is 6.04 Å². The van der Waals surface area contributed by atoms with Gasteiger partial charge in [0.25, 0.3) is 0 Å². The zero-order chi connectivity index (χ0) is 11.8. The highest BCUT2D eigenvalue weighted by atomic mass is 16.2. The molecule has 4 heteroatoms. The molecule has 2 aliphatic rings. The summed E-state index contributed by atoms with van der Waals surface area (Å²) in [5.74, 6) is 0.122. The molecule has 0 aromatic carbocycles. The van der Waals surface area contributed by atoms with Gasteiger partial charge in [-0.15, -0.1) is 0 Å². The van der Waals surface area contributed by atoms with Crippen LogP contribution in [-0.2, 0) is 9.59 Å². The van der Waals surface area contributed by atoms with E-state index < -0.39 is 0 Å². The summed E-state index contributed by atoms with van der Waals surface area (Å²) < 4.78 is 0. The second-order valence-corrected chi connectivity index (χ2v) is 5.65. The fourth-order valence-corrected chi connectivity index (χ4v) is 2.35. The van der Waals surface area contributed by atoms with E-state index in [4.69, 9.17) is 0 Å². The molecule has 2 aliphatic heterocycles. The number of hydrogen-bond acceptors (Lipinski definition) is 2. The van der Waals surface area contributed by atoms with Gasteiger partial charge in [-0.2, -0.15) is 0 Å². The summed E-state index contributed by atoms with van der Waals surface area (Å²) >= 11 is 0. The van der Waals surface area contributed by atoms with E-state index in [0.717, 1.165) is 25.9 Å². The Labute approximate surface area is 96.4 Å². The Morgan fingerprint density at radius 2 is 2.00 bits per heavy atom. The van der Waals surface area contributed by atoms with Crippen LogP contribution in [-0.4, -0.2) is 35.8 Å². The molecule has 0 spiro atoms. The molecule has 0 aromatic heterocycles. The molecule has 1 unspecified atom stereocenters. The number of carbonyl (C=O) groups excluding carboxylic acids is 2. The Kier molecular flexibility index (Phi) is 2.91. The third-order valence-corrected chi connectivity index (χ3v) is 3.72. The lowest BCUT2D eigenvalue weighted by molar-refractivity contribution is -0.136. The molecule has 0 aliphatic carbocycles. The summed E-state index contributed by atoms with van der Waals surface area (Å²) in [7, 11) is 0. The Morgan fingerprint density at radius 1 is 1.38 bits per heavy atom. The zero-order valence-corrected chi connectivity index (χ0v) is 10.1. The lowest BCUT2D eigenvalue weighted by atomic mass is 9.82. The molecule has 16 heavy (non-hydrogen) atoms. The average Bonchev–Trinajstić information content (AvgIpc) is 2.64. The normalized spacial score (nSPS) is 29.0. The van der Waals surface area contributed by atoms with Crippen molar-refractivity contribution in [3.05, 3.63) is 0 Å². The van der Waals surface area contributed by atoms with Gasteiger partial charge in [0.05, 0.1) is 0 Å². The zero-order valence-electron chi connectivity index (χ0n) is 10.1. The molecular formula is C12H20N2O2. The van der Waals surface area contributed by atoms with Gasteiger partial charge in [-0.3, -0.25) is 9.59 Å². The molecule has 0 saturated carbocycles. The molecule has 0 bridgehead atoms. The van der Waals surface area contributed by atoms with E-state index in [9.17, 15) is 9.59 Å². The monoisotopic (exact) mass is 224 g/mol. The van der Waals surface area contributed by atoms with Crippen LogP contribution < -0.4 is 5.32 Å². The van der Waals surface area contributed by atoms with Crippen molar-refractivity contribution >= 4 is 11.8 Å². The summed E-state index contributed by atoms with van der Waals surface area (Å²) in [5, 5.41) is 2.74. The first kappa shape index (κ1) is 11.4. The largest absolute Gasteiger partial charge is 0.344 e. The molecular weight excluding hydrogens is 204 g/mol. The fraction of sp³-hybridized carbons (Fsp3) is 0.833. The van der Waals surface area contributed by atoms with Crippen molar-refractivity contribution < 1.29 is 9.59 Å². The van der Waals surface area contributed by atoms with Crippen molar-refractivity contribution in [3.8, 4) is 0 Å². The van der Waals surface area contributed by atoms with E-state index in [0.29, 0.717) is 18.3 Å². The SMILES string of the molecule is CC1(C)CCN(C(=O)C2CCC(=O)N2)CC1. The highest BCUT2D eigenvalue weighted by Gasteiger charge is 2.34. The van der Waals surface area contributed by atoms with E-state index in [1.807, 2.05) is 4.90 Å². The van der Waals surface area contributed by atoms with Crippen LogP contribution in [0.5, 0.6) is 0 Å². The number of nitrogens with zero attached hydrogens (tertiary/aromatic N) is 1. The highest BCUT2D eigenvalue weighted by molar-refractivity contribution is 5.90. The van der Waals surface area contributed by atoms with E-state index in [-0.39, 0.29) is 17.9 Å². The first-order chi connectivity index (χ1) is 7.48. The molecule has 2 saturated heterocycles. The smallest absolute Gasteiger partial charge is 0.245 e. The first-order valence-corrected chi connectivity index (χ1v) is 6.06. The maximum Gasteiger partial charge on any atom is 0.245 e. The van der Waals surface area contributed by atoms with Crippen LogP contribution in [0.1, 0.15) is 39.5 Å². The van der Waals surface area contributed by atoms with Gasteiger partial charge in [0, 0.05) is 19.5 Å². The predicted octanol–water partition coefficient (Wildman–Crippen LogP) is 0.914. The number of nitrogens with one attached hydrogen (secondary N) is 1. The van der Waals surface area contributed by atoms with Gasteiger partial charge in [-0.05, 0) is 24.7 Å². The molecule has 4 nitrogen and oxygen atoms in total. The lowest BCUT2D eigenvalue weighted by Crippen LogP contribution is -2.48. The Balaban J connectivity index is 1.89. The van der Waals surface area contributed by atoms with Crippen LogP contribution in [0.3, 0.4) is 0 Å². The lowest BCUT2D eigenvalue weighted by Gasteiger charge is -2.37. The van der Waals surface area contributed by atoms with Crippen molar-refractivity contribution in [2.45, 2.75) is 45.6 Å². The fourth-order valence-electron chi connectivity index (χ4n) is 2.35. The molecule has 1 atom stereocenters. The van der Waals surface area contributed by atoms with E-state index in [1.165, 1.54) is 0 Å². The van der Waals surface area contributed by atoms with Gasteiger partial charge in [-0.25, -0.2) is 0 Å². The van der Waals surface area contributed by atoms with Crippen LogP contribution in [0.25, 0.3) is 0 Å². The van der Waals surface area contributed by atoms with Crippen LogP contribution >= 0.6 is 0 Å². The van der Waals surface area contributed by atoms with Crippen molar-refractivity contribution in [1.29, 1.82) is 0 Å². The maximum absolute atomic E-state index is 12.1. The quantitative estimate of drug-likeness (QED) is 0.720. The van der Waals surface area contributed by atoms with Crippen molar-refractivity contribution in [1.82, 2.24) is 10.2 Å². The van der Waals surface area contributed by atoms with Gasteiger partial charge in [0.15, 0.2) is 0 Å². The number of piperidine rings is 1. The third kappa shape index (κ3) is 2.36. The number of carbonyl (C=O) groups is 2. The minimum atomic E-state index is -0.256. The Hall–Kier alpha value is -1.06. The van der Waals surface area contributed by atoms with Gasteiger partial charge in [-0.1, -0.05) is 13.8 Å². The summed E-state index contributed by atoms with van der Waals surface area (Å²) in [6.07, 6.45) is 3.27. The van der Waals surface area contributed by atoms with Gasteiger partial charge < -0.3 is 10.2 Å². The maximum atomic E-state index is 12.1. The second kappa shape index (κ2) is 4.07. The number of hydrogen-bond donors (Lipinski definition) is 1. The van der Waals surface area contributed by atoms with Crippen LogP contribution in [0.2, 0.25) is 0 Å². The van der Waals surface area contributed by atoms with E-state index in [2.05, 4.69) is 19.2 Å². The third-order valence-electron chi connectivity index (χ3n) is 3.72. The molecule has 2 amide bonds. The molecule has 0 radical (unpaired) electrons. The Morgan fingerprint density at radius 3 is 2.50 bits per heavy atom. The highest BCUT2D eigenvalue weighted by Crippen LogP contribution is 2.30. The number of amides is 2. The minimum absolute atomic E-state index is 0.00990. The topological polar surface area (TPSA) is 49.4 Å². The van der Waals surface area contributed by atoms with Crippen LogP contribution in [0, 0.1) is 5.41 Å². The summed E-state index contributed by atoms with van der Waals surface area (Å²) in [5.41, 5.74) is 0.357. The van der Waals surface area contributed by atoms with E-state index >= 15 is 0 Å². The Bertz CT molecular complexity index is 302. The van der Waals surface area contributed by atoms with Crippen molar-refractivity contribution in [2.24, 2.45) is 5.41 Å². The molecule has 2 heterocycles.